The van der Waals surface area contributed by atoms with Crippen molar-refractivity contribution in [2.24, 2.45) is 0 Å². The second-order valence-electron chi connectivity index (χ2n) is 3.95. The summed E-state index contributed by atoms with van der Waals surface area (Å²) in [4.78, 5) is 15.6. The zero-order valence-corrected chi connectivity index (χ0v) is 12.1. The van der Waals surface area contributed by atoms with Crippen molar-refractivity contribution in [3.8, 4) is 0 Å². The van der Waals surface area contributed by atoms with Crippen LogP contribution in [0, 0.1) is 0 Å². The smallest absolute Gasteiger partial charge is 0.360 e. The standard InChI is InChI=1S/C13H14BrN3O2/c1-2-19-13(18)11-12(15)17(8-16-11)7-9-3-5-10(14)6-4-9/h3-6,8H,2,7,15H2,1H3. The molecule has 0 saturated heterocycles. The molecule has 0 amide bonds. The lowest BCUT2D eigenvalue weighted by molar-refractivity contribution is 0.0521. The van der Waals surface area contributed by atoms with Gasteiger partial charge in [0.1, 0.15) is 5.82 Å². The van der Waals surface area contributed by atoms with Gasteiger partial charge in [-0.2, -0.15) is 0 Å². The van der Waals surface area contributed by atoms with Crippen LogP contribution in [0.1, 0.15) is 23.0 Å². The molecule has 0 bridgehead atoms. The molecule has 0 aliphatic carbocycles. The minimum Gasteiger partial charge on any atom is -0.461 e. The first kappa shape index (κ1) is 13.6. The number of ether oxygens (including phenoxy) is 1. The van der Waals surface area contributed by atoms with E-state index < -0.39 is 5.97 Å². The van der Waals surface area contributed by atoms with Gasteiger partial charge in [0.15, 0.2) is 5.69 Å². The Morgan fingerprint density at radius 3 is 2.74 bits per heavy atom. The predicted octanol–water partition coefficient (Wildman–Crippen LogP) is 2.45. The molecule has 1 heterocycles. The van der Waals surface area contributed by atoms with Crippen molar-refractivity contribution in [1.29, 1.82) is 0 Å². The number of nitrogen functional groups attached to an aromatic ring is 1. The number of rotatable bonds is 4. The van der Waals surface area contributed by atoms with Crippen molar-refractivity contribution in [1.82, 2.24) is 9.55 Å². The molecule has 19 heavy (non-hydrogen) atoms. The van der Waals surface area contributed by atoms with Crippen molar-refractivity contribution in [3.05, 3.63) is 46.3 Å². The van der Waals surface area contributed by atoms with Gasteiger partial charge in [-0.3, -0.25) is 0 Å². The lowest BCUT2D eigenvalue weighted by Gasteiger charge is -2.06. The molecule has 2 N–H and O–H groups in total. The molecule has 2 aromatic rings. The average molecular weight is 324 g/mol. The number of aromatic nitrogens is 2. The fourth-order valence-corrected chi connectivity index (χ4v) is 1.93. The molecular weight excluding hydrogens is 310 g/mol. The third-order valence-corrected chi connectivity index (χ3v) is 3.14. The first-order valence-electron chi connectivity index (χ1n) is 5.84. The second-order valence-corrected chi connectivity index (χ2v) is 4.87. The number of esters is 1. The van der Waals surface area contributed by atoms with Gasteiger partial charge in [0.25, 0.3) is 0 Å². The molecule has 0 aliphatic rings. The highest BCUT2D eigenvalue weighted by Crippen LogP contribution is 2.16. The van der Waals surface area contributed by atoms with Gasteiger partial charge in [-0.15, -0.1) is 0 Å². The number of benzene rings is 1. The number of halogens is 1. The fourth-order valence-electron chi connectivity index (χ4n) is 1.66. The molecule has 1 aromatic heterocycles. The van der Waals surface area contributed by atoms with Crippen LogP contribution in [-0.2, 0) is 11.3 Å². The second kappa shape index (κ2) is 5.88. The minimum atomic E-state index is -0.491. The summed E-state index contributed by atoms with van der Waals surface area (Å²) in [5.74, 6) is -0.170. The van der Waals surface area contributed by atoms with Crippen LogP contribution in [0.5, 0.6) is 0 Å². The highest BCUT2D eigenvalue weighted by molar-refractivity contribution is 9.10. The summed E-state index contributed by atoms with van der Waals surface area (Å²) in [6.45, 7) is 2.61. The molecule has 0 fully saturated rings. The van der Waals surface area contributed by atoms with Crippen LogP contribution in [-0.4, -0.2) is 22.1 Å². The molecule has 6 heteroatoms. The average Bonchev–Trinajstić information content (AvgIpc) is 2.74. The number of hydrogen-bond donors (Lipinski definition) is 1. The van der Waals surface area contributed by atoms with Crippen molar-refractivity contribution in [2.75, 3.05) is 12.3 Å². The maximum absolute atomic E-state index is 11.6. The maximum atomic E-state index is 11.6. The highest BCUT2D eigenvalue weighted by Gasteiger charge is 2.16. The zero-order valence-electron chi connectivity index (χ0n) is 10.5. The van der Waals surface area contributed by atoms with Crippen LogP contribution < -0.4 is 5.73 Å². The topological polar surface area (TPSA) is 70.1 Å². The molecule has 2 rings (SSSR count). The van der Waals surface area contributed by atoms with Gasteiger partial charge in [0, 0.05) is 4.47 Å². The maximum Gasteiger partial charge on any atom is 0.360 e. The van der Waals surface area contributed by atoms with Crippen LogP contribution in [0.4, 0.5) is 5.82 Å². The summed E-state index contributed by atoms with van der Waals surface area (Å²) in [5.41, 5.74) is 7.14. The number of hydrogen-bond acceptors (Lipinski definition) is 4. The molecule has 0 unspecified atom stereocenters. The highest BCUT2D eigenvalue weighted by atomic mass is 79.9. The third kappa shape index (κ3) is 3.14. The summed E-state index contributed by atoms with van der Waals surface area (Å²) in [5, 5.41) is 0. The lowest BCUT2D eigenvalue weighted by Crippen LogP contribution is -2.10. The summed E-state index contributed by atoms with van der Waals surface area (Å²) in [6, 6.07) is 7.87. The van der Waals surface area contributed by atoms with Crippen LogP contribution in [0.25, 0.3) is 0 Å². The van der Waals surface area contributed by atoms with Crippen LogP contribution in [0.2, 0.25) is 0 Å². The van der Waals surface area contributed by atoms with Crippen LogP contribution >= 0.6 is 15.9 Å². The summed E-state index contributed by atoms with van der Waals surface area (Å²) in [6.07, 6.45) is 1.55. The Morgan fingerprint density at radius 1 is 1.42 bits per heavy atom. The predicted molar refractivity (Wildman–Crippen MR) is 75.8 cm³/mol. The number of carbonyl (C=O) groups excluding carboxylic acids is 1. The van der Waals surface area contributed by atoms with E-state index in [2.05, 4.69) is 20.9 Å². The quantitative estimate of drug-likeness (QED) is 0.877. The van der Waals surface area contributed by atoms with E-state index in [0.717, 1.165) is 10.0 Å². The van der Waals surface area contributed by atoms with E-state index >= 15 is 0 Å². The Kier molecular flexibility index (Phi) is 4.21. The van der Waals surface area contributed by atoms with E-state index in [0.29, 0.717) is 19.0 Å². The Balaban J connectivity index is 2.18. The number of anilines is 1. The fraction of sp³-hybridized carbons (Fsp3) is 0.231. The van der Waals surface area contributed by atoms with Gasteiger partial charge < -0.3 is 15.0 Å². The number of imidazole rings is 1. The van der Waals surface area contributed by atoms with E-state index in [1.54, 1.807) is 17.8 Å². The van der Waals surface area contributed by atoms with Gasteiger partial charge >= 0.3 is 5.97 Å². The molecule has 0 spiro atoms. The number of carbonyl (C=O) groups is 1. The Labute approximate surface area is 119 Å². The number of nitrogens with two attached hydrogens (primary N) is 1. The van der Waals surface area contributed by atoms with E-state index in [1.807, 2.05) is 24.3 Å². The molecule has 1 aromatic carbocycles. The number of nitrogens with zero attached hydrogens (tertiary/aromatic N) is 2. The minimum absolute atomic E-state index is 0.166. The van der Waals surface area contributed by atoms with Gasteiger partial charge in [0.2, 0.25) is 0 Å². The largest absolute Gasteiger partial charge is 0.461 e. The summed E-state index contributed by atoms with van der Waals surface area (Å²) < 4.78 is 7.62. The summed E-state index contributed by atoms with van der Waals surface area (Å²) in [7, 11) is 0. The third-order valence-electron chi connectivity index (χ3n) is 2.61. The first-order valence-corrected chi connectivity index (χ1v) is 6.63. The van der Waals surface area contributed by atoms with E-state index in [-0.39, 0.29) is 5.69 Å². The SMILES string of the molecule is CCOC(=O)c1ncn(Cc2ccc(Br)cc2)c1N. The Morgan fingerprint density at radius 2 is 2.11 bits per heavy atom. The van der Waals surface area contributed by atoms with E-state index in [4.69, 9.17) is 10.5 Å². The molecule has 0 radical (unpaired) electrons. The zero-order chi connectivity index (χ0) is 13.8. The van der Waals surface area contributed by atoms with Crippen LogP contribution in [0.3, 0.4) is 0 Å². The van der Waals surface area contributed by atoms with E-state index in [9.17, 15) is 4.79 Å². The van der Waals surface area contributed by atoms with Crippen molar-refractivity contribution in [2.45, 2.75) is 13.5 Å². The lowest BCUT2D eigenvalue weighted by atomic mass is 10.2. The van der Waals surface area contributed by atoms with Gasteiger partial charge in [0.05, 0.1) is 19.5 Å². The van der Waals surface area contributed by atoms with Crippen molar-refractivity contribution < 1.29 is 9.53 Å². The summed E-state index contributed by atoms with van der Waals surface area (Å²) >= 11 is 3.38. The van der Waals surface area contributed by atoms with Crippen molar-refractivity contribution in [3.63, 3.8) is 0 Å². The van der Waals surface area contributed by atoms with E-state index in [1.165, 1.54) is 0 Å². The molecule has 100 valence electrons. The molecule has 0 atom stereocenters. The monoisotopic (exact) mass is 323 g/mol. The van der Waals surface area contributed by atoms with Crippen LogP contribution in [0.15, 0.2) is 35.1 Å². The van der Waals surface area contributed by atoms with Crippen molar-refractivity contribution >= 4 is 27.7 Å². The van der Waals surface area contributed by atoms with Gasteiger partial charge in [-0.1, -0.05) is 28.1 Å². The Bertz CT molecular complexity index is 578. The van der Waals surface area contributed by atoms with Gasteiger partial charge in [-0.05, 0) is 24.6 Å². The molecule has 0 aliphatic heterocycles. The molecular formula is C13H14BrN3O2. The molecule has 0 saturated carbocycles. The molecule has 5 nitrogen and oxygen atoms in total. The normalized spacial score (nSPS) is 10.4. The van der Waals surface area contributed by atoms with Gasteiger partial charge in [-0.25, -0.2) is 9.78 Å². The Hall–Kier alpha value is -1.82. The first-order chi connectivity index (χ1) is 9.11.